The third-order valence-corrected chi connectivity index (χ3v) is 2.37. The molecule has 2 unspecified atom stereocenters. The Labute approximate surface area is 117 Å². The molecule has 1 saturated carbocycles. The maximum atomic E-state index is 5.92. The molecule has 0 radical (unpaired) electrons. The minimum atomic E-state index is 0. The molecule has 0 aromatic carbocycles. The van der Waals surface area contributed by atoms with Gasteiger partial charge in [-0.15, -0.1) is 49.6 Å². The summed E-state index contributed by atoms with van der Waals surface area (Å²) in [5.74, 6) is 0. The Kier molecular flexibility index (Phi) is 25.1. The van der Waals surface area contributed by atoms with Gasteiger partial charge in [-0.1, -0.05) is 12.8 Å². The average molecular weight is 303 g/mol. The highest BCUT2D eigenvalue weighted by Gasteiger charge is 2.20. The molecule has 1 aliphatic rings. The maximum absolute atomic E-state index is 5.92. The standard InChI is InChI=1S/C8H19N3.4ClH/c9-5-6-11-8-4-2-1-3-7(8)10;;;;/h7-8,11H,1-6,9-10H2;4*1H. The summed E-state index contributed by atoms with van der Waals surface area (Å²) in [6.45, 7) is 1.61. The fourth-order valence-electron chi connectivity index (χ4n) is 1.68. The van der Waals surface area contributed by atoms with E-state index in [1.165, 1.54) is 25.7 Å². The Morgan fingerprint density at radius 2 is 1.53 bits per heavy atom. The number of nitrogens with two attached hydrogens (primary N) is 2. The molecular weight excluding hydrogens is 280 g/mol. The van der Waals surface area contributed by atoms with E-state index in [2.05, 4.69) is 5.32 Å². The number of hydrogen-bond acceptors (Lipinski definition) is 3. The van der Waals surface area contributed by atoms with Gasteiger partial charge in [0.2, 0.25) is 0 Å². The lowest BCUT2D eigenvalue weighted by atomic mass is 9.91. The van der Waals surface area contributed by atoms with Gasteiger partial charge in [-0.2, -0.15) is 0 Å². The van der Waals surface area contributed by atoms with Crippen molar-refractivity contribution in [2.45, 2.75) is 37.8 Å². The van der Waals surface area contributed by atoms with E-state index in [1.807, 2.05) is 0 Å². The summed E-state index contributed by atoms with van der Waals surface area (Å²) in [4.78, 5) is 0. The monoisotopic (exact) mass is 301 g/mol. The topological polar surface area (TPSA) is 64.1 Å². The van der Waals surface area contributed by atoms with Crippen molar-refractivity contribution in [3.63, 3.8) is 0 Å². The van der Waals surface area contributed by atoms with Crippen LogP contribution in [0.3, 0.4) is 0 Å². The summed E-state index contributed by atoms with van der Waals surface area (Å²) in [5, 5.41) is 3.37. The molecule has 7 heteroatoms. The molecule has 1 rings (SSSR count). The zero-order valence-electron chi connectivity index (χ0n) is 8.69. The van der Waals surface area contributed by atoms with Gasteiger partial charge >= 0.3 is 0 Å². The molecule has 0 spiro atoms. The summed E-state index contributed by atoms with van der Waals surface area (Å²) >= 11 is 0. The first-order chi connectivity index (χ1) is 5.34. The van der Waals surface area contributed by atoms with Crippen LogP contribution in [0.2, 0.25) is 0 Å². The number of rotatable bonds is 3. The van der Waals surface area contributed by atoms with Gasteiger partial charge in [0.1, 0.15) is 0 Å². The Balaban J connectivity index is -0.000000151. The van der Waals surface area contributed by atoms with Crippen LogP contribution in [-0.2, 0) is 0 Å². The fourth-order valence-corrected chi connectivity index (χ4v) is 1.68. The largest absolute Gasteiger partial charge is 0.329 e. The lowest BCUT2D eigenvalue weighted by molar-refractivity contribution is 0.331. The zero-order valence-corrected chi connectivity index (χ0v) is 12.0. The third kappa shape index (κ3) is 9.94. The van der Waals surface area contributed by atoms with Crippen LogP contribution in [0.15, 0.2) is 0 Å². The van der Waals surface area contributed by atoms with Gasteiger partial charge in [-0.3, -0.25) is 0 Å². The van der Waals surface area contributed by atoms with Crippen LogP contribution >= 0.6 is 49.6 Å². The molecule has 5 N–H and O–H groups in total. The molecule has 0 aliphatic heterocycles. The lowest BCUT2D eigenvalue weighted by Crippen LogP contribution is -2.48. The maximum Gasteiger partial charge on any atom is 0.0219 e. The first-order valence-electron chi connectivity index (χ1n) is 4.53. The third-order valence-electron chi connectivity index (χ3n) is 2.37. The minimum Gasteiger partial charge on any atom is -0.329 e. The second-order valence-electron chi connectivity index (χ2n) is 3.30. The van der Waals surface area contributed by atoms with Crippen molar-refractivity contribution < 1.29 is 0 Å². The van der Waals surface area contributed by atoms with Crippen molar-refractivity contribution in [3.05, 3.63) is 0 Å². The first kappa shape index (κ1) is 25.0. The van der Waals surface area contributed by atoms with Crippen molar-refractivity contribution in [2.24, 2.45) is 11.5 Å². The van der Waals surface area contributed by atoms with Crippen LogP contribution in [0.1, 0.15) is 25.7 Å². The van der Waals surface area contributed by atoms with Crippen molar-refractivity contribution >= 4 is 49.6 Å². The molecule has 0 bridgehead atoms. The summed E-state index contributed by atoms with van der Waals surface area (Å²) in [6, 6.07) is 0.877. The van der Waals surface area contributed by atoms with E-state index in [0.717, 1.165) is 6.54 Å². The van der Waals surface area contributed by atoms with Crippen molar-refractivity contribution in [2.75, 3.05) is 13.1 Å². The Morgan fingerprint density at radius 1 is 1.00 bits per heavy atom. The van der Waals surface area contributed by atoms with Gasteiger partial charge in [0.25, 0.3) is 0 Å². The zero-order chi connectivity index (χ0) is 8.10. The molecule has 0 aromatic rings. The molecule has 0 saturated heterocycles. The molecular formula is C8H23Cl4N3. The van der Waals surface area contributed by atoms with Crippen LogP contribution in [0.25, 0.3) is 0 Å². The molecule has 3 nitrogen and oxygen atoms in total. The van der Waals surface area contributed by atoms with Crippen LogP contribution in [0, 0.1) is 0 Å². The molecule has 15 heavy (non-hydrogen) atoms. The van der Waals surface area contributed by atoms with Crippen molar-refractivity contribution in [1.29, 1.82) is 0 Å². The normalized spacial score (nSPS) is 23.6. The Bertz CT molecular complexity index is 118. The van der Waals surface area contributed by atoms with Gasteiger partial charge in [-0.25, -0.2) is 0 Å². The minimum absolute atomic E-state index is 0. The van der Waals surface area contributed by atoms with Gasteiger partial charge in [0.15, 0.2) is 0 Å². The summed E-state index contributed by atoms with van der Waals surface area (Å²) in [5.41, 5.74) is 11.3. The van der Waals surface area contributed by atoms with E-state index in [-0.39, 0.29) is 49.6 Å². The number of hydrogen-bond donors (Lipinski definition) is 3. The summed E-state index contributed by atoms with van der Waals surface area (Å²) in [7, 11) is 0. The highest BCUT2D eigenvalue weighted by Crippen LogP contribution is 2.16. The van der Waals surface area contributed by atoms with E-state index >= 15 is 0 Å². The van der Waals surface area contributed by atoms with Crippen molar-refractivity contribution in [3.8, 4) is 0 Å². The summed E-state index contributed by atoms with van der Waals surface area (Å²) in [6.07, 6.45) is 5.00. The van der Waals surface area contributed by atoms with Gasteiger partial charge in [0.05, 0.1) is 0 Å². The molecule has 0 heterocycles. The molecule has 98 valence electrons. The van der Waals surface area contributed by atoms with Crippen molar-refractivity contribution in [1.82, 2.24) is 5.32 Å². The van der Waals surface area contributed by atoms with Crippen LogP contribution in [-0.4, -0.2) is 25.2 Å². The quantitative estimate of drug-likeness (QED) is 0.740. The Hall–Kier alpha value is 1.04. The van der Waals surface area contributed by atoms with Crippen LogP contribution in [0.5, 0.6) is 0 Å². The highest BCUT2D eigenvalue weighted by atomic mass is 35.5. The second-order valence-corrected chi connectivity index (χ2v) is 3.30. The average Bonchev–Trinajstić information content (AvgIpc) is 2.03. The summed E-state index contributed by atoms with van der Waals surface area (Å²) < 4.78 is 0. The number of nitrogens with one attached hydrogen (secondary N) is 1. The SMILES string of the molecule is Cl.Cl.Cl.Cl.NCCNC1CCCCC1N. The van der Waals surface area contributed by atoms with E-state index in [0.29, 0.717) is 18.6 Å². The predicted molar refractivity (Wildman–Crippen MR) is 76.3 cm³/mol. The smallest absolute Gasteiger partial charge is 0.0219 e. The van der Waals surface area contributed by atoms with Gasteiger partial charge in [0, 0.05) is 25.2 Å². The second kappa shape index (κ2) is 15.0. The highest BCUT2D eigenvalue weighted by molar-refractivity contribution is 5.86. The first-order valence-corrected chi connectivity index (χ1v) is 4.53. The predicted octanol–water partition coefficient (Wildman–Crippen LogP) is 1.49. The van der Waals surface area contributed by atoms with E-state index in [9.17, 15) is 0 Å². The molecule has 0 aromatic heterocycles. The molecule has 1 aliphatic carbocycles. The van der Waals surface area contributed by atoms with E-state index < -0.39 is 0 Å². The lowest BCUT2D eigenvalue weighted by Gasteiger charge is -2.29. The molecule has 0 amide bonds. The number of halogens is 4. The Morgan fingerprint density at radius 3 is 2.00 bits per heavy atom. The van der Waals surface area contributed by atoms with E-state index in [1.54, 1.807) is 0 Å². The van der Waals surface area contributed by atoms with Gasteiger partial charge in [-0.05, 0) is 12.8 Å². The van der Waals surface area contributed by atoms with Crippen LogP contribution < -0.4 is 16.8 Å². The fraction of sp³-hybridized carbons (Fsp3) is 1.00. The van der Waals surface area contributed by atoms with E-state index in [4.69, 9.17) is 11.5 Å². The molecule has 1 fully saturated rings. The molecule has 2 atom stereocenters. The van der Waals surface area contributed by atoms with Crippen LogP contribution in [0.4, 0.5) is 0 Å². The van der Waals surface area contributed by atoms with Gasteiger partial charge < -0.3 is 16.8 Å².